The van der Waals surface area contributed by atoms with Gasteiger partial charge in [-0.25, -0.2) is 4.98 Å². The summed E-state index contributed by atoms with van der Waals surface area (Å²) < 4.78 is 5.23. The van der Waals surface area contributed by atoms with Crippen LogP contribution in [-0.2, 0) is 4.79 Å². The fourth-order valence-corrected chi connectivity index (χ4v) is 1.75. The average Bonchev–Trinajstić information content (AvgIpc) is 2.90. The number of nitrogens with zero attached hydrogens (tertiary/aromatic N) is 1. The molecule has 0 aliphatic rings. The van der Waals surface area contributed by atoms with E-state index in [1.54, 1.807) is 6.20 Å². The second kappa shape index (κ2) is 6.18. The topological polar surface area (TPSA) is 55.1 Å². The van der Waals surface area contributed by atoms with E-state index in [1.165, 1.54) is 6.39 Å². The smallest absolute Gasteiger partial charge is 0.224 e. The predicted molar refractivity (Wildman–Crippen MR) is 74.6 cm³/mol. The number of rotatable bonds is 5. The van der Waals surface area contributed by atoms with Crippen molar-refractivity contribution in [3.05, 3.63) is 36.9 Å². The first-order valence-corrected chi connectivity index (χ1v) is 6.44. The Bertz CT molecular complexity index is 533. The van der Waals surface area contributed by atoms with Gasteiger partial charge in [-0.3, -0.25) is 4.79 Å². The van der Waals surface area contributed by atoms with Crippen LogP contribution in [0.15, 0.2) is 41.3 Å². The average molecular weight is 258 g/mol. The highest BCUT2D eigenvalue weighted by Crippen LogP contribution is 2.22. The van der Waals surface area contributed by atoms with Crippen LogP contribution in [0, 0.1) is 5.92 Å². The lowest BCUT2D eigenvalue weighted by atomic mass is 10.1. The van der Waals surface area contributed by atoms with Gasteiger partial charge in [0, 0.05) is 17.7 Å². The number of carbonyl (C=O) groups excluding carboxylic acids is 1. The van der Waals surface area contributed by atoms with Crippen LogP contribution in [0.25, 0.3) is 11.3 Å². The van der Waals surface area contributed by atoms with E-state index in [2.05, 4.69) is 24.1 Å². The molecule has 1 N–H and O–H groups in total. The number of oxazole rings is 1. The molecule has 1 heterocycles. The van der Waals surface area contributed by atoms with Gasteiger partial charge in [0.1, 0.15) is 0 Å². The number of hydrogen-bond acceptors (Lipinski definition) is 3. The number of hydrogen-bond donors (Lipinski definition) is 1. The second-order valence-corrected chi connectivity index (χ2v) is 4.93. The summed E-state index contributed by atoms with van der Waals surface area (Å²) in [5, 5.41) is 2.90. The quantitative estimate of drug-likeness (QED) is 0.889. The number of aromatic nitrogens is 1. The van der Waals surface area contributed by atoms with Crippen LogP contribution in [0.1, 0.15) is 26.7 Å². The third kappa shape index (κ3) is 3.95. The third-order valence-corrected chi connectivity index (χ3v) is 2.81. The van der Waals surface area contributed by atoms with Gasteiger partial charge in [-0.15, -0.1) is 0 Å². The Balaban J connectivity index is 2.01. The maximum atomic E-state index is 11.8. The molecule has 19 heavy (non-hydrogen) atoms. The van der Waals surface area contributed by atoms with Gasteiger partial charge in [0.15, 0.2) is 12.2 Å². The number of amides is 1. The second-order valence-electron chi connectivity index (χ2n) is 4.93. The van der Waals surface area contributed by atoms with E-state index >= 15 is 0 Å². The lowest BCUT2D eigenvalue weighted by molar-refractivity contribution is -0.116. The molecular weight excluding hydrogens is 240 g/mol. The first kappa shape index (κ1) is 13.3. The zero-order valence-electron chi connectivity index (χ0n) is 11.2. The van der Waals surface area contributed by atoms with Crippen molar-refractivity contribution < 1.29 is 9.21 Å². The maximum absolute atomic E-state index is 11.8. The highest BCUT2D eigenvalue weighted by molar-refractivity contribution is 5.91. The molecule has 0 fully saturated rings. The fraction of sp³-hybridized carbons (Fsp3) is 0.333. The van der Waals surface area contributed by atoms with Gasteiger partial charge < -0.3 is 9.73 Å². The molecule has 0 saturated carbocycles. The van der Waals surface area contributed by atoms with Crippen LogP contribution >= 0.6 is 0 Å². The standard InChI is InChI=1S/C15H18N2O2/c1-11(2)6-7-15(18)17-13-5-3-4-12(8-13)14-9-16-10-19-14/h3-5,8-11H,6-7H2,1-2H3,(H,17,18). The van der Waals surface area contributed by atoms with Gasteiger partial charge in [0.25, 0.3) is 0 Å². The van der Waals surface area contributed by atoms with E-state index in [0.717, 1.165) is 17.7 Å². The zero-order valence-corrected chi connectivity index (χ0v) is 11.2. The van der Waals surface area contributed by atoms with E-state index in [1.807, 2.05) is 24.3 Å². The Labute approximate surface area is 112 Å². The molecule has 0 atom stereocenters. The molecule has 4 nitrogen and oxygen atoms in total. The van der Waals surface area contributed by atoms with Crippen LogP contribution in [0.3, 0.4) is 0 Å². The molecular formula is C15H18N2O2. The van der Waals surface area contributed by atoms with Crippen LogP contribution < -0.4 is 5.32 Å². The van der Waals surface area contributed by atoms with E-state index < -0.39 is 0 Å². The lowest BCUT2D eigenvalue weighted by Crippen LogP contribution is -2.12. The Kier molecular flexibility index (Phi) is 4.34. The normalized spacial score (nSPS) is 10.7. The summed E-state index contributed by atoms with van der Waals surface area (Å²) in [6.07, 6.45) is 4.49. The zero-order chi connectivity index (χ0) is 13.7. The van der Waals surface area contributed by atoms with Crippen LogP contribution in [0.4, 0.5) is 5.69 Å². The highest BCUT2D eigenvalue weighted by Gasteiger charge is 2.06. The SMILES string of the molecule is CC(C)CCC(=O)Nc1cccc(-c2cnco2)c1. The lowest BCUT2D eigenvalue weighted by Gasteiger charge is -2.07. The number of benzene rings is 1. The van der Waals surface area contributed by atoms with Crippen LogP contribution in [0.5, 0.6) is 0 Å². The molecule has 0 bridgehead atoms. The molecule has 0 unspecified atom stereocenters. The summed E-state index contributed by atoms with van der Waals surface area (Å²) in [7, 11) is 0. The fourth-order valence-electron chi connectivity index (χ4n) is 1.75. The minimum absolute atomic E-state index is 0.0448. The minimum Gasteiger partial charge on any atom is -0.444 e. The first-order chi connectivity index (χ1) is 9.15. The molecule has 1 amide bonds. The molecule has 0 saturated heterocycles. The third-order valence-electron chi connectivity index (χ3n) is 2.81. The monoisotopic (exact) mass is 258 g/mol. The predicted octanol–water partition coefficient (Wildman–Crippen LogP) is 3.72. The van der Waals surface area contributed by atoms with E-state index in [-0.39, 0.29) is 5.91 Å². The maximum Gasteiger partial charge on any atom is 0.224 e. The van der Waals surface area contributed by atoms with Gasteiger partial charge in [-0.1, -0.05) is 26.0 Å². The van der Waals surface area contributed by atoms with Crippen molar-refractivity contribution >= 4 is 11.6 Å². The van der Waals surface area contributed by atoms with Crippen LogP contribution in [-0.4, -0.2) is 10.9 Å². The van der Waals surface area contributed by atoms with Crippen molar-refractivity contribution in [1.82, 2.24) is 4.98 Å². The first-order valence-electron chi connectivity index (χ1n) is 6.44. The van der Waals surface area contributed by atoms with Crippen molar-refractivity contribution in [3.63, 3.8) is 0 Å². The summed E-state index contributed by atoms with van der Waals surface area (Å²) in [5.74, 6) is 1.27. The van der Waals surface area contributed by atoms with Crippen molar-refractivity contribution in [2.45, 2.75) is 26.7 Å². The Morgan fingerprint density at radius 2 is 2.26 bits per heavy atom. The molecule has 0 aliphatic heterocycles. The molecule has 1 aromatic heterocycles. The molecule has 1 aromatic carbocycles. The molecule has 0 spiro atoms. The van der Waals surface area contributed by atoms with E-state index in [0.29, 0.717) is 18.1 Å². The largest absolute Gasteiger partial charge is 0.444 e. The van der Waals surface area contributed by atoms with Crippen molar-refractivity contribution in [3.8, 4) is 11.3 Å². The molecule has 100 valence electrons. The summed E-state index contributed by atoms with van der Waals surface area (Å²) in [6.45, 7) is 4.22. The summed E-state index contributed by atoms with van der Waals surface area (Å²) in [4.78, 5) is 15.7. The molecule has 4 heteroatoms. The summed E-state index contributed by atoms with van der Waals surface area (Å²) in [5.41, 5.74) is 1.68. The van der Waals surface area contributed by atoms with Gasteiger partial charge in [-0.05, 0) is 24.5 Å². The Hall–Kier alpha value is -2.10. The van der Waals surface area contributed by atoms with Crippen LogP contribution in [0.2, 0.25) is 0 Å². The number of anilines is 1. The summed E-state index contributed by atoms with van der Waals surface area (Å²) in [6, 6.07) is 7.56. The molecule has 0 radical (unpaired) electrons. The molecule has 2 rings (SSSR count). The minimum atomic E-state index is 0.0448. The molecule has 2 aromatic rings. The highest BCUT2D eigenvalue weighted by atomic mass is 16.3. The number of carbonyl (C=O) groups is 1. The van der Waals surface area contributed by atoms with Crippen molar-refractivity contribution in [2.75, 3.05) is 5.32 Å². The van der Waals surface area contributed by atoms with Gasteiger partial charge >= 0.3 is 0 Å². The molecule has 0 aliphatic carbocycles. The van der Waals surface area contributed by atoms with E-state index in [9.17, 15) is 4.79 Å². The van der Waals surface area contributed by atoms with E-state index in [4.69, 9.17) is 4.42 Å². The number of nitrogens with one attached hydrogen (secondary N) is 1. The van der Waals surface area contributed by atoms with Crippen molar-refractivity contribution in [2.24, 2.45) is 5.92 Å². The van der Waals surface area contributed by atoms with Gasteiger partial charge in [0.05, 0.1) is 6.20 Å². The Morgan fingerprint density at radius 1 is 1.42 bits per heavy atom. The van der Waals surface area contributed by atoms with Crippen molar-refractivity contribution in [1.29, 1.82) is 0 Å². The Morgan fingerprint density at radius 3 is 2.95 bits per heavy atom. The van der Waals surface area contributed by atoms with Gasteiger partial charge in [0.2, 0.25) is 5.91 Å². The van der Waals surface area contributed by atoms with Gasteiger partial charge in [-0.2, -0.15) is 0 Å². The summed E-state index contributed by atoms with van der Waals surface area (Å²) >= 11 is 0.